The molecule has 5 heteroatoms. The summed E-state index contributed by atoms with van der Waals surface area (Å²) < 4.78 is 0. The number of nitrogens with one attached hydrogen (secondary N) is 1. The monoisotopic (exact) mass is 359 g/mol. The van der Waals surface area contributed by atoms with E-state index in [-0.39, 0.29) is 0 Å². The molecule has 27 heavy (non-hydrogen) atoms. The van der Waals surface area contributed by atoms with E-state index in [0.29, 0.717) is 0 Å². The van der Waals surface area contributed by atoms with E-state index >= 15 is 0 Å². The van der Waals surface area contributed by atoms with Crippen molar-refractivity contribution < 1.29 is 0 Å². The summed E-state index contributed by atoms with van der Waals surface area (Å²) in [5.41, 5.74) is 6.11. The van der Waals surface area contributed by atoms with Crippen molar-refractivity contribution in [3.8, 4) is 0 Å². The molecular formula is C22H25N5. The van der Waals surface area contributed by atoms with Crippen molar-refractivity contribution in [3.63, 3.8) is 0 Å². The molecule has 1 aliphatic heterocycles. The average Bonchev–Trinajstić information content (AvgIpc) is 2.73. The number of hydrogen-bond donors (Lipinski definition) is 1. The summed E-state index contributed by atoms with van der Waals surface area (Å²) in [4.78, 5) is 15.9. The maximum atomic E-state index is 4.58. The first-order chi connectivity index (χ1) is 13.2. The van der Waals surface area contributed by atoms with Gasteiger partial charge >= 0.3 is 0 Å². The molecule has 5 nitrogen and oxygen atoms in total. The normalized spacial score (nSPS) is 13.3. The van der Waals surface area contributed by atoms with Gasteiger partial charge in [-0.25, -0.2) is 15.0 Å². The lowest BCUT2D eigenvalue weighted by Crippen LogP contribution is -2.32. The Kier molecular flexibility index (Phi) is 5.01. The molecule has 0 saturated heterocycles. The molecule has 0 saturated carbocycles. The van der Waals surface area contributed by atoms with Crippen LogP contribution in [0.1, 0.15) is 34.9 Å². The number of rotatable bonds is 5. The van der Waals surface area contributed by atoms with E-state index in [1.54, 1.807) is 6.33 Å². The number of aromatic nitrogens is 3. The van der Waals surface area contributed by atoms with Crippen molar-refractivity contribution in [2.75, 3.05) is 16.8 Å². The molecule has 0 spiro atoms. The SMILES string of the molecule is CCc1ccc(CNc2ncnc3c2CN(c2ccc(C)cn2)CC3)cc1. The fourth-order valence-corrected chi connectivity index (χ4v) is 3.41. The second-order valence-electron chi connectivity index (χ2n) is 7.04. The predicted molar refractivity (Wildman–Crippen MR) is 109 cm³/mol. The molecule has 0 radical (unpaired) electrons. The van der Waals surface area contributed by atoms with Crippen LogP contribution in [0.2, 0.25) is 0 Å². The van der Waals surface area contributed by atoms with Gasteiger partial charge in [-0.3, -0.25) is 0 Å². The van der Waals surface area contributed by atoms with Gasteiger partial charge in [0.15, 0.2) is 0 Å². The number of hydrogen-bond acceptors (Lipinski definition) is 5. The summed E-state index contributed by atoms with van der Waals surface area (Å²) in [6.07, 6.45) is 5.57. The number of nitrogens with zero attached hydrogens (tertiary/aromatic N) is 4. The predicted octanol–water partition coefficient (Wildman–Crippen LogP) is 3.92. The van der Waals surface area contributed by atoms with Gasteiger partial charge in [0.2, 0.25) is 0 Å². The quantitative estimate of drug-likeness (QED) is 0.748. The van der Waals surface area contributed by atoms with Gasteiger partial charge in [-0.2, -0.15) is 0 Å². The summed E-state index contributed by atoms with van der Waals surface area (Å²) >= 11 is 0. The smallest absolute Gasteiger partial charge is 0.134 e. The molecule has 1 aromatic carbocycles. The van der Waals surface area contributed by atoms with E-state index in [1.165, 1.54) is 22.3 Å². The number of benzene rings is 1. The highest BCUT2D eigenvalue weighted by Gasteiger charge is 2.21. The Hall–Kier alpha value is -2.95. The van der Waals surface area contributed by atoms with Crippen LogP contribution in [-0.4, -0.2) is 21.5 Å². The zero-order valence-corrected chi connectivity index (χ0v) is 15.9. The summed E-state index contributed by atoms with van der Waals surface area (Å²) in [5, 5.41) is 3.51. The molecule has 3 aromatic rings. The van der Waals surface area contributed by atoms with E-state index in [4.69, 9.17) is 0 Å². The van der Waals surface area contributed by atoms with E-state index in [0.717, 1.165) is 49.8 Å². The van der Waals surface area contributed by atoms with Gasteiger partial charge in [-0.15, -0.1) is 0 Å². The molecular weight excluding hydrogens is 334 g/mol. The van der Waals surface area contributed by atoms with Crippen molar-refractivity contribution in [2.45, 2.75) is 39.8 Å². The highest BCUT2D eigenvalue weighted by molar-refractivity contribution is 5.52. The van der Waals surface area contributed by atoms with Crippen LogP contribution in [0.25, 0.3) is 0 Å². The molecule has 3 heterocycles. The van der Waals surface area contributed by atoms with Crippen LogP contribution in [0.5, 0.6) is 0 Å². The molecule has 0 bridgehead atoms. The summed E-state index contributed by atoms with van der Waals surface area (Å²) in [6, 6.07) is 12.9. The topological polar surface area (TPSA) is 53.9 Å². The summed E-state index contributed by atoms with van der Waals surface area (Å²) in [7, 11) is 0. The number of pyridine rings is 1. The largest absolute Gasteiger partial charge is 0.366 e. The average molecular weight is 359 g/mol. The summed E-state index contributed by atoms with van der Waals surface area (Å²) in [5.74, 6) is 1.94. The van der Waals surface area contributed by atoms with Crippen molar-refractivity contribution >= 4 is 11.6 Å². The Morgan fingerprint density at radius 2 is 1.81 bits per heavy atom. The first-order valence-electron chi connectivity index (χ1n) is 9.55. The van der Waals surface area contributed by atoms with Crippen LogP contribution in [-0.2, 0) is 25.9 Å². The number of fused-ring (bicyclic) bond motifs is 1. The van der Waals surface area contributed by atoms with Crippen molar-refractivity contribution in [2.24, 2.45) is 0 Å². The first kappa shape index (κ1) is 17.5. The Balaban J connectivity index is 1.51. The van der Waals surface area contributed by atoms with Crippen LogP contribution in [0, 0.1) is 6.92 Å². The Morgan fingerprint density at radius 3 is 2.56 bits per heavy atom. The molecule has 0 atom stereocenters. The first-order valence-corrected chi connectivity index (χ1v) is 9.55. The standard InChI is InChI=1S/C22H25N5/c1-3-17-5-7-18(8-6-17)13-24-22-19-14-27(11-10-20(19)25-15-26-22)21-9-4-16(2)12-23-21/h4-9,12,15H,3,10-11,13-14H2,1-2H3,(H,24,25,26). The molecule has 0 aliphatic carbocycles. The Bertz CT molecular complexity index is 903. The van der Waals surface area contributed by atoms with Crippen molar-refractivity contribution in [1.82, 2.24) is 15.0 Å². The number of anilines is 2. The van der Waals surface area contributed by atoms with Crippen LogP contribution < -0.4 is 10.2 Å². The molecule has 0 unspecified atom stereocenters. The zero-order valence-electron chi connectivity index (χ0n) is 15.9. The second kappa shape index (κ2) is 7.74. The van der Waals surface area contributed by atoms with Gasteiger partial charge in [0.1, 0.15) is 18.0 Å². The zero-order chi connectivity index (χ0) is 18.6. The lowest BCUT2D eigenvalue weighted by Gasteiger charge is -2.30. The molecule has 0 amide bonds. The van der Waals surface area contributed by atoms with Crippen molar-refractivity contribution in [1.29, 1.82) is 0 Å². The van der Waals surface area contributed by atoms with Gasteiger partial charge in [0.25, 0.3) is 0 Å². The maximum absolute atomic E-state index is 4.58. The lowest BCUT2D eigenvalue weighted by molar-refractivity contribution is 0.697. The Labute approximate surface area is 160 Å². The van der Waals surface area contributed by atoms with E-state index in [2.05, 4.69) is 75.4 Å². The van der Waals surface area contributed by atoms with Gasteiger partial charge < -0.3 is 10.2 Å². The van der Waals surface area contributed by atoms with Crippen LogP contribution in [0.4, 0.5) is 11.6 Å². The highest BCUT2D eigenvalue weighted by Crippen LogP contribution is 2.26. The van der Waals surface area contributed by atoms with Crippen LogP contribution in [0.3, 0.4) is 0 Å². The van der Waals surface area contributed by atoms with Gasteiger partial charge in [0.05, 0.1) is 5.69 Å². The molecule has 4 rings (SSSR count). The minimum absolute atomic E-state index is 0.760. The van der Waals surface area contributed by atoms with E-state index in [1.807, 2.05) is 6.20 Å². The molecule has 1 aliphatic rings. The molecule has 0 fully saturated rings. The highest BCUT2D eigenvalue weighted by atomic mass is 15.2. The van der Waals surface area contributed by atoms with Gasteiger partial charge in [-0.05, 0) is 36.1 Å². The Morgan fingerprint density at radius 1 is 1.00 bits per heavy atom. The van der Waals surface area contributed by atoms with E-state index in [9.17, 15) is 0 Å². The second-order valence-corrected chi connectivity index (χ2v) is 7.04. The van der Waals surface area contributed by atoms with Crippen LogP contribution in [0.15, 0.2) is 48.9 Å². The fraction of sp³-hybridized carbons (Fsp3) is 0.318. The van der Waals surface area contributed by atoms with Gasteiger partial charge in [0, 0.05) is 37.8 Å². The van der Waals surface area contributed by atoms with Gasteiger partial charge in [-0.1, -0.05) is 37.3 Å². The minimum atomic E-state index is 0.760. The van der Waals surface area contributed by atoms with Crippen molar-refractivity contribution in [3.05, 3.63) is 76.9 Å². The molecule has 1 N–H and O–H groups in total. The van der Waals surface area contributed by atoms with Crippen LogP contribution >= 0.6 is 0 Å². The third-order valence-corrected chi connectivity index (χ3v) is 5.11. The fourth-order valence-electron chi connectivity index (χ4n) is 3.41. The lowest BCUT2D eigenvalue weighted by atomic mass is 10.1. The summed E-state index contributed by atoms with van der Waals surface area (Å²) in [6.45, 7) is 6.71. The van der Waals surface area contributed by atoms with E-state index < -0.39 is 0 Å². The molecule has 2 aromatic heterocycles. The third kappa shape index (κ3) is 3.92. The maximum Gasteiger partial charge on any atom is 0.134 e. The molecule has 138 valence electrons. The third-order valence-electron chi connectivity index (χ3n) is 5.11. The minimum Gasteiger partial charge on any atom is -0.366 e. The number of aryl methyl sites for hydroxylation is 2.